The lowest BCUT2D eigenvalue weighted by Crippen LogP contribution is -2.41. The lowest BCUT2D eigenvalue weighted by atomic mass is 10.1. The molecule has 0 spiro atoms. The number of hydrogen-bond donors (Lipinski definition) is 0. The molecule has 0 bridgehead atoms. The fourth-order valence-electron chi connectivity index (χ4n) is 3.80. The Hall–Kier alpha value is -3.08. The van der Waals surface area contributed by atoms with Gasteiger partial charge in [-0.25, -0.2) is 4.79 Å². The minimum absolute atomic E-state index is 0.00388. The fourth-order valence-corrected chi connectivity index (χ4v) is 4.90. The van der Waals surface area contributed by atoms with Crippen LogP contribution in [0, 0.1) is 6.92 Å². The van der Waals surface area contributed by atoms with Crippen LogP contribution < -0.4 is 0 Å². The molecule has 190 valence electrons. The van der Waals surface area contributed by atoms with Crippen LogP contribution in [0.4, 0.5) is 0 Å². The maximum Gasteiger partial charge on any atom is 0.338 e. The van der Waals surface area contributed by atoms with E-state index in [4.69, 9.17) is 23.1 Å². The third kappa shape index (κ3) is 6.37. The molecular weight excluding hydrogens is 484 g/mol. The van der Waals surface area contributed by atoms with Crippen molar-refractivity contribution in [2.75, 3.05) is 13.7 Å². The Labute approximate surface area is 210 Å². The molecule has 1 saturated heterocycles. The van der Waals surface area contributed by atoms with Crippen molar-refractivity contribution in [1.29, 1.82) is 0 Å². The molecule has 0 radical (unpaired) electrons. The Morgan fingerprint density at radius 2 is 1.53 bits per heavy atom. The van der Waals surface area contributed by atoms with E-state index in [1.54, 1.807) is 42.5 Å². The molecule has 0 aromatic heterocycles. The number of aryl methyl sites for hydroxylation is 1. The number of methoxy groups -OCH3 is 1. The molecule has 8 nitrogen and oxygen atoms in total. The molecule has 36 heavy (non-hydrogen) atoms. The third-order valence-electron chi connectivity index (χ3n) is 5.72. The first-order chi connectivity index (χ1) is 17.4. The van der Waals surface area contributed by atoms with Gasteiger partial charge in [0.2, 0.25) is 0 Å². The second-order valence-corrected chi connectivity index (χ2v) is 9.90. The van der Waals surface area contributed by atoms with Crippen LogP contribution in [0.15, 0.2) is 89.8 Å². The largest absolute Gasteiger partial charge is 0.459 e. The van der Waals surface area contributed by atoms with E-state index in [0.29, 0.717) is 5.56 Å². The first-order valence-corrected chi connectivity index (χ1v) is 12.8. The van der Waals surface area contributed by atoms with E-state index < -0.39 is 40.7 Å². The number of rotatable bonds is 10. The number of hydrogen-bond acceptors (Lipinski definition) is 8. The monoisotopic (exact) mass is 512 g/mol. The first kappa shape index (κ1) is 26.0. The van der Waals surface area contributed by atoms with E-state index in [0.717, 1.165) is 11.1 Å². The van der Waals surface area contributed by atoms with Crippen molar-refractivity contribution in [3.63, 3.8) is 0 Å². The second kappa shape index (κ2) is 11.8. The predicted octanol–water partition coefficient (Wildman–Crippen LogP) is 3.88. The van der Waals surface area contributed by atoms with Gasteiger partial charge in [-0.3, -0.25) is 4.18 Å². The van der Waals surface area contributed by atoms with Crippen molar-refractivity contribution in [3.8, 4) is 0 Å². The Morgan fingerprint density at radius 3 is 2.17 bits per heavy atom. The molecule has 1 fully saturated rings. The summed E-state index contributed by atoms with van der Waals surface area (Å²) in [4.78, 5) is 12.5. The fraction of sp³-hybridized carbons (Fsp3) is 0.296. The van der Waals surface area contributed by atoms with Gasteiger partial charge in [-0.1, -0.05) is 66.2 Å². The number of carbonyl (C=O) groups excluding carboxylic acids is 1. The van der Waals surface area contributed by atoms with E-state index >= 15 is 0 Å². The zero-order valence-electron chi connectivity index (χ0n) is 20.0. The summed E-state index contributed by atoms with van der Waals surface area (Å²) < 4.78 is 54.7. The average Bonchev–Trinajstić information content (AvgIpc) is 3.22. The van der Waals surface area contributed by atoms with Crippen LogP contribution in [0.1, 0.15) is 21.5 Å². The van der Waals surface area contributed by atoms with Gasteiger partial charge in [0.25, 0.3) is 10.1 Å². The highest BCUT2D eigenvalue weighted by atomic mass is 32.2. The van der Waals surface area contributed by atoms with Crippen molar-refractivity contribution in [2.45, 2.75) is 43.0 Å². The topological polar surface area (TPSA) is 97.4 Å². The van der Waals surface area contributed by atoms with Gasteiger partial charge in [-0.05, 0) is 36.8 Å². The zero-order chi connectivity index (χ0) is 25.5. The molecule has 0 aliphatic carbocycles. The highest BCUT2D eigenvalue weighted by Crippen LogP contribution is 2.31. The van der Waals surface area contributed by atoms with Gasteiger partial charge in [-0.2, -0.15) is 8.42 Å². The number of carbonyl (C=O) groups is 1. The Balaban J connectivity index is 1.55. The van der Waals surface area contributed by atoms with Gasteiger partial charge in [0, 0.05) is 7.11 Å². The van der Waals surface area contributed by atoms with Gasteiger partial charge in [0.15, 0.2) is 6.29 Å². The summed E-state index contributed by atoms with van der Waals surface area (Å²) in [5.41, 5.74) is 2.15. The van der Waals surface area contributed by atoms with Crippen molar-refractivity contribution >= 4 is 16.1 Å². The lowest BCUT2D eigenvalue weighted by molar-refractivity contribution is -0.168. The molecule has 0 amide bonds. The maximum atomic E-state index is 13.1. The zero-order valence-corrected chi connectivity index (χ0v) is 20.8. The lowest BCUT2D eigenvalue weighted by Gasteiger charge is -2.24. The third-order valence-corrected chi connectivity index (χ3v) is 7.05. The van der Waals surface area contributed by atoms with Crippen LogP contribution in [0.25, 0.3) is 0 Å². The van der Waals surface area contributed by atoms with Gasteiger partial charge in [0.05, 0.1) is 17.1 Å². The molecule has 9 heteroatoms. The smallest absolute Gasteiger partial charge is 0.338 e. The summed E-state index contributed by atoms with van der Waals surface area (Å²) >= 11 is 0. The van der Waals surface area contributed by atoms with Crippen molar-refractivity contribution in [2.24, 2.45) is 0 Å². The molecule has 4 rings (SSSR count). The Bertz CT molecular complexity index is 1230. The highest BCUT2D eigenvalue weighted by Gasteiger charge is 2.49. The minimum atomic E-state index is -4.19. The van der Waals surface area contributed by atoms with Crippen molar-refractivity contribution in [1.82, 2.24) is 0 Å². The van der Waals surface area contributed by atoms with Gasteiger partial charge >= 0.3 is 5.97 Å². The number of esters is 1. The molecule has 0 saturated carbocycles. The van der Waals surface area contributed by atoms with Gasteiger partial charge < -0.3 is 18.9 Å². The van der Waals surface area contributed by atoms with E-state index in [-0.39, 0.29) is 18.1 Å². The average molecular weight is 513 g/mol. The molecule has 3 aromatic rings. The van der Waals surface area contributed by atoms with Crippen LogP contribution >= 0.6 is 0 Å². The molecule has 4 atom stereocenters. The minimum Gasteiger partial charge on any atom is -0.459 e. The van der Waals surface area contributed by atoms with Crippen LogP contribution in [0.2, 0.25) is 0 Å². The summed E-state index contributed by atoms with van der Waals surface area (Å²) in [7, 11) is -2.76. The van der Waals surface area contributed by atoms with E-state index in [1.807, 2.05) is 37.3 Å². The Kier molecular flexibility index (Phi) is 8.50. The molecule has 1 aliphatic heterocycles. The summed E-state index contributed by atoms with van der Waals surface area (Å²) in [5.74, 6) is -0.568. The Morgan fingerprint density at radius 1 is 0.889 bits per heavy atom. The molecule has 0 unspecified atom stereocenters. The van der Waals surface area contributed by atoms with Crippen LogP contribution in [0.3, 0.4) is 0 Å². The van der Waals surface area contributed by atoms with E-state index in [1.165, 1.54) is 19.2 Å². The van der Waals surface area contributed by atoms with Gasteiger partial charge in [0.1, 0.15) is 24.9 Å². The highest BCUT2D eigenvalue weighted by molar-refractivity contribution is 7.86. The summed E-state index contributed by atoms with van der Waals surface area (Å²) in [6, 6.07) is 24.2. The predicted molar refractivity (Wildman–Crippen MR) is 131 cm³/mol. The molecule has 0 N–H and O–H groups in total. The molecule has 3 aromatic carbocycles. The van der Waals surface area contributed by atoms with Gasteiger partial charge in [-0.15, -0.1) is 0 Å². The maximum absolute atomic E-state index is 13.1. The first-order valence-electron chi connectivity index (χ1n) is 11.4. The second-order valence-electron chi connectivity index (χ2n) is 8.33. The SMILES string of the molecule is CO[C@H]1O[C@@H](COC(=O)c2ccccc2)[C@H](OS(=O)(=O)c2ccc(C)cc2)[C@H]1OCc1ccccc1. The normalized spacial score (nSPS) is 21.8. The summed E-state index contributed by atoms with van der Waals surface area (Å²) in [5, 5.41) is 0. The van der Waals surface area contributed by atoms with E-state index in [9.17, 15) is 13.2 Å². The summed E-state index contributed by atoms with van der Waals surface area (Å²) in [6.45, 7) is 1.78. The number of ether oxygens (including phenoxy) is 4. The molecule has 1 aliphatic rings. The van der Waals surface area contributed by atoms with Crippen LogP contribution in [-0.2, 0) is 39.9 Å². The molecule has 1 heterocycles. The van der Waals surface area contributed by atoms with Crippen molar-refractivity contribution < 1.29 is 36.3 Å². The quantitative estimate of drug-likeness (QED) is 0.298. The van der Waals surface area contributed by atoms with Crippen LogP contribution in [-0.4, -0.2) is 52.7 Å². The van der Waals surface area contributed by atoms with Crippen LogP contribution in [0.5, 0.6) is 0 Å². The standard InChI is InChI=1S/C27H28O8S/c1-19-13-15-22(16-14-19)36(29,30)35-24-23(18-33-26(28)21-11-7-4-8-12-21)34-27(31-2)25(24)32-17-20-9-5-3-6-10-20/h3-16,23-25,27H,17-18H2,1-2H3/t23-,24-,25+,27-/m0/s1. The molecular formula is C27H28O8S. The summed E-state index contributed by atoms with van der Waals surface area (Å²) in [6.07, 6.45) is -3.93. The number of benzene rings is 3. The van der Waals surface area contributed by atoms with E-state index in [2.05, 4.69) is 0 Å². The van der Waals surface area contributed by atoms with Crippen molar-refractivity contribution in [3.05, 3.63) is 102 Å².